The SMILES string of the molecule is C1=Cc2cc3ccc(cc4nc(cc5ccc(cc1n2)[nH]5)C=C4)[nH]3.[Au]. The fraction of sp³-hybridized carbons (Fsp3) is 0. The Kier molecular flexibility index (Phi) is 4.01. The number of hydrogen-bond acceptors (Lipinski definition) is 2. The van der Waals surface area contributed by atoms with Crippen molar-refractivity contribution < 1.29 is 22.4 Å². The van der Waals surface area contributed by atoms with Gasteiger partial charge < -0.3 is 9.97 Å². The van der Waals surface area contributed by atoms with Crippen LogP contribution in [0.25, 0.3) is 46.4 Å². The Hall–Kier alpha value is -2.66. The molecule has 0 amide bonds. The third kappa shape index (κ3) is 3.28. The van der Waals surface area contributed by atoms with E-state index in [9.17, 15) is 0 Å². The van der Waals surface area contributed by atoms with E-state index in [1.165, 1.54) is 0 Å². The van der Waals surface area contributed by atoms with Gasteiger partial charge >= 0.3 is 0 Å². The van der Waals surface area contributed by atoms with E-state index in [2.05, 4.69) is 44.2 Å². The van der Waals surface area contributed by atoms with Crippen LogP contribution in [0.3, 0.4) is 0 Å². The Bertz CT molecular complexity index is 990. The molecule has 8 bridgehead atoms. The molecule has 0 fully saturated rings. The predicted molar refractivity (Wildman–Crippen MR) is 98.9 cm³/mol. The van der Waals surface area contributed by atoms with Gasteiger partial charge in [0.15, 0.2) is 0 Å². The van der Waals surface area contributed by atoms with Gasteiger partial charge in [-0.1, -0.05) is 0 Å². The Balaban J connectivity index is 0.00000157. The van der Waals surface area contributed by atoms with Crippen LogP contribution in [0.5, 0.6) is 0 Å². The molecule has 5 heterocycles. The van der Waals surface area contributed by atoms with Gasteiger partial charge in [-0.05, 0) is 72.8 Å². The van der Waals surface area contributed by atoms with Crippen molar-refractivity contribution in [2.45, 2.75) is 0 Å². The Labute approximate surface area is 159 Å². The molecule has 3 aromatic heterocycles. The molecule has 5 rings (SSSR count). The summed E-state index contributed by atoms with van der Waals surface area (Å²) in [5, 5.41) is 0. The summed E-state index contributed by atoms with van der Waals surface area (Å²) in [5.74, 6) is 0. The standard InChI is InChI=1S/C20H14N4.Au/c1-2-14-10-16-5-6-18(23-16)12-20-8-7-19(24-20)11-17-4-3-15(22-17)9-13(1)21-14;/h1-12,21,24H;. The van der Waals surface area contributed by atoms with Crippen molar-refractivity contribution in [3.63, 3.8) is 0 Å². The van der Waals surface area contributed by atoms with Crippen LogP contribution in [0.4, 0.5) is 0 Å². The molecule has 4 nitrogen and oxygen atoms in total. The first-order valence-corrected chi connectivity index (χ1v) is 7.85. The molecule has 2 N–H and O–H groups in total. The normalized spacial score (nSPS) is 12.2. The quantitative estimate of drug-likeness (QED) is 0.300. The van der Waals surface area contributed by atoms with Crippen molar-refractivity contribution in [3.8, 4) is 0 Å². The topological polar surface area (TPSA) is 57.4 Å². The van der Waals surface area contributed by atoms with E-state index >= 15 is 0 Å². The predicted octanol–water partition coefficient (Wildman–Crippen LogP) is 4.65. The summed E-state index contributed by atoms with van der Waals surface area (Å²) < 4.78 is 0. The van der Waals surface area contributed by atoms with E-state index in [-0.39, 0.29) is 22.4 Å². The molecule has 0 atom stereocenters. The number of fused-ring (bicyclic) bond motifs is 8. The van der Waals surface area contributed by atoms with Crippen molar-refractivity contribution >= 4 is 46.4 Å². The first-order valence-electron chi connectivity index (χ1n) is 7.85. The average molecular weight is 507 g/mol. The van der Waals surface area contributed by atoms with Gasteiger partial charge in [-0.2, -0.15) is 0 Å². The number of aromatic nitrogens is 4. The number of nitrogens with one attached hydrogen (secondary N) is 2. The number of rotatable bonds is 0. The summed E-state index contributed by atoms with van der Waals surface area (Å²) in [6, 6.07) is 16.4. The molecule has 5 heteroatoms. The molecule has 25 heavy (non-hydrogen) atoms. The fourth-order valence-corrected chi connectivity index (χ4v) is 2.94. The van der Waals surface area contributed by atoms with Gasteiger partial charge in [0, 0.05) is 44.4 Å². The van der Waals surface area contributed by atoms with Crippen LogP contribution in [0.2, 0.25) is 0 Å². The maximum atomic E-state index is 4.63. The van der Waals surface area contributed by atoms with Crippen LogP contribution < -0.4 is 0 Å². The molecule has 0 aliphatic carbocycles. The number of H-pyrrole nitrogens is 2. The maximum Gasteiger partial charge on any atom is 0.0658 e. The summed E-state index contributed by atoms with van der Waals surface area (Å²) in [6.07, 6.45) is 8.09. The van der Waals surface area contributed by atoms with Gasteiger partial charge in [0.1, 0.15) is 0 Å². The molecule has 1 radical (unpaired) electrons. The molecule has 2 aliphatic heterocycles. The van der Waals surface area contributed by atoms with Crippen LogP contribution in [0.15, 0.2) is 48.5 Å². The first kappa shape index (κ1) is 15.8. The molecule has 3 aromatic rings. The average Bonchev–Trinajstić information content (AvgIpc) is 3.32. The summed E-state index contributed by atoms with van der Waals surface area (Å²) in [7, 11) is 0. The Morgan fingerprint density at radius 1 is 0.480 bits per heavy atom. The first-order chi connectivity index (χ1) is 11.8. The van der Waals surface area contributed by atoms with E-state index in [0.717, 1.165) is 44.8 Å². The number of nitrogens with zero attached hydrogens (tertiary/aromatic N) is 2. The van der Waals surface area contributed by atoms with E-state index in [1.807, 2.05) is 48.6 Å². The summed E-state index contributed by atoms with van der Waals surface area (Å²) >= 11 is 0. The summed E-state index contributed by atoms with van der Waals surface area (Å²) in [4.78, 5) is 16.0. The minimum absolute atomic E-state index is 0. The second-order valence-corrected chi connectivity index (χ2v) is 5.91. The minimum Gasteiger partial charge on any atom is -0.355 e. The van der Waals surface area contributed by atoms with Gasteiger partial charge in [0.05, 0.1) is 22.8 Å². The maximum absolute atomic E-state index is 4.63. The van der Waals surface area contributed by atoms with Crippen LogP contribution in [-0.4, -0.2) is 19.9 Å². The van der Waals surface area contributed by atoms with Gasteiger partial charge in [0.2, 0.25) is 0 Å². The van der Waals surface area contributed by atoms with Gasteiger partial charge in [-0.3, -0.25) is 0 Å². The van der Waals surface area contributed by atoms with E-state index in [1.54, 1.807) is 0 Å². The van der Waals surface area contributed by atoms with Crippen molar-refractivity contribution in [1.29, 1.82) is 0 Å². The largest absolute Gasteiger partial charge is 0.355 e. The van der Waals surface area contributed by atoms with Gasteiger partial charge in [-0.25, -0.2) is 9.97 Å². The number of hydrogen-bond donors (Lipinski definition) is 2. The molecule has 0 aromatic carbocycles. The molecular weight excluding hydrogens is 493 g/mol. The van der Waals surface area contributed by atoms with E-state index < -0.39 is 0 Å². The van der Waals surface area contributed by atoms with Gasteiger partial charge in [-0.15, -0.1) is 0 Å². The van der Waals surface area contributed by atoms with Crippen molar-refractivity contribution in [3.05, 3.63) is 71.3 Å². The molecule has 0 spiro atoms. The molecule has 0 saturated heterocycles. The molecule has 0 unspecified atom stereocenters. The zero-order valence-electron chi connectivity index (χ0n) is 13.1. The fourth-order valence-electron chi connectivity index (χ4n) is 2.94. The van der Waals surface area contributed by atoms with E-state index in [0.29, 0.717) is 0 Å². The van der Waals surface area contributed by atoms with Crippen LogP contribution in [-0.2, 0) is 22.4 Å². The van der Waals surface area contributed by atoms with Crippen molar-refractivity contribution in [2.24, 2.45) is 0 Å². The smallest absolute Gasteiger partial charge is 0.0658 e. The Morgan fingerprint density at radius 3 is 1.04 bits per heavy atom. The van der Waals surface area contributed by atoms with Gasteiger partial charge in [0.25, 0.3) is 0 Å². The zero-order valence-corrected chi connectivity index (χ0v) is 15.3. The van der Waals surface area contributed by atoms with Crippen molar-refractivity contribution in [2.75, 3.05) is 0 Å². The summed E-state index contributed by atoms with van der Waals surface area (Å²) in [6.45, 7) is 0. The Morgan fingerprint density at radius 2 is 0.760 bits per heavy atom. The van der Waals surface area contributed by atoms with Crippen LogP contribution in [0.1, 0.15) is 22.8 Å². The molecule has 125 valence electrons. The monoisotopic (exact) mass is 507 g/mol. The second-order valence-electron chi connectivity index (χ2n) is 5.91. The van der Waals surface area contributed by atoms with Crippen LogP contribution >= 0.6 is 0 Å². The van der Waals surface area contributed by atoms with E-state index in [4.69, 9.17) is 0 Å². The minimum atomic E-state index is 0. The second kappa shape index (κ2) is 6.33. The van der Waals surface area contributed by atoms with Crippen molar-refractivity contribution in [1.82, 2.24) is 19.9 Å². The summed E-state index contributed by atoms with van der Waals surface area (Å²) in [5.41, 5.74) is 7.86. The molecule has 0 saturated carbocycles. The molecule has 2 aliphatic rings. The zero-order chi connectivity index (χ0) is 15.9. The number of aromatic amines is 2. The molecular formula is C20H14AuN4. The third-order valence-electron chi connectivity index (χ3n) is 4.04. The third-order valence-corrected chi connectivity index (χ3v) is 4.04. The van der Waals surface area contributed by atoms with Crippen LogP contribution in [0, 0.1) is 0 Å².